The number of rotatable bonds is 7. The minimum absolute atomic E-state index is 0.0259. The second-order valence-corrected chi connectivity index (χ2v) is 7.72. The van der Waals surface area contributed by atoms with Crippen LogP contribution in [0.5, 0.6) is 5.75 Å². The molecule has 0 radical (unpaired) electrons. The Bertz CT molecular complexity index is 1410. The van der Waals surface area contributed by atoms with Crippen molar-refractivity contribution in [2.24, 2.45) is 0 Å². The number of fused-ring (bicyclic) bond motifs is 1. The maximum absolute atomic E-state index is 12.8. The van der Waals surface area contributed by atoms with E-state index in [1.165, 1.54) is 13.3 Å². The van der Waals surface area contributed by atoms with Crippen molar-refractivity contribution in [2.45, 2.75) is 26.9 Å². The van der Waals surface area contributed by atoms with Crippen molar-refractivity contribution in [1.82, 2.24) is 19.9 Å². The SMILES string of the molecule is Cc1ccc(NC(=O)c2nc[nH]c2C(=O)Nc2nc3ccc(OC(C)C(=O)O)cc3[nH]2)c(C)c1. The Morgan fingerprint density at radius 2 is 1.85 bits per heavy atom. The number of nitrogens with zero attached hydrogens (tertiary/aromatic N) is 2. The smallest absolute Gasteiger partial charge is 0.344 e. The van der Waals surface area contributed by atoms with E-state index in [1.807, 2.05) is 26.0 Å². The zero-order valence-electron chi connectivity index (χ0n) is 18.6. The number of aromatic amines is 2. The number of nitrogens with one attached hydrogen (secondary N) is 4. The maximum Gasteiger partial charge on any atom is 0.344 e. The molecule has 34 heavy (non-hydrogen) atoms. The highest BCUT2D eigenvalue weighted by molar-refractivity contribution is 6.13. The van der Waals surface area contributed by atoms with E-state index < -0.39 is 23.9 Å². The van der Waals surface area contributed by atoms with Gasteiger partial charge in [-0.3, -0.25) is 14.9 Å². The summed E-state index contributed by atoms with van der Waals surface area (Å²) in [6.07, 6.45) is 0.241. The van der Waals surface area contributed by atoms with Crippen LogP contribution < -0.4 is 15.4 Å². The van der Waals surface area contributed by atoms with E-state index in [2.05, 4.69) is 30.6 Å². The van der Waals surface area contributed by atoms with E-state index in [9.17, 15) is 14.4 Å². The van der Waals surface area contributed by atoms with Crippen molar-refractivity contribution in [3.05, 3.63) is 65.2 Å². The van der Waals surface area contributed by atoms with Crippen LogP contribution >= 0.6 is 0 Å². The number of carbonyl (C=O) groups excluding carboxylic acids is 2. The molecule has 0 saturated carbocycles. The summed E-state index contributed by atoms with van der Waals surface area (Å²) in [6.45, 7) is 5.25. The lowest BCUT2D eigenvalue weighted by molar-refractivity contribution is -0.144. The number of aromatic nitrogens is 4. The summed E-state index contributed by atoms with van der Waals surface area (Å²) < 4.78 is 5.35. The van der Waals surface area contributed by atoms with Gasteiger partial charge in [-0.25, -0.2) is 14.8 Å². The molecule has 11 nitrogen and oxygen atoms in total. The average Bonchev–Trinajstić information content (AvgIpc) is 3.42. The van der Waals surface area contributed by atoms with Crippen LogP contribution in [0, 0.1) is 13.8 Å². The fraction of sp³-hybridized carbons (Fsp3) is 0.174. The molecule has 11 heteroatoms. The van der Waals surface area contributed by atoms with Crippen molar-refractivity contribution in [2.75, 3.05) is 10.6 Å². The maximum atomic E-state index is 12.8. The molecule has 0 bridgehead atoms. The van der Waals surface area contributed by atoms with E-state index in [1.54, 1.807) is 24.3 Å². The van der Waals surface area contributed by atoms with Crippen LogP contribution in [0.4, 0.5) is 11.6 Å². The molecule has 0 spiro atoms. The monoisotopic (exact) mass is 462 g/mol. The molecule has 174 valence electrons. The van der Waals surface area contributed by atoms with E-state index in [0.29, 0.717) is 22.5 Å². The third-order valence-electron chi connectivity index (χ3n) is 5.06. The van der Waals surface area contributed by atoms with E-state index >= 15 is 0 Å². The number of ether oxygens (including phenoxy) is 1. The number of aryl methyl sites for hydroxylation is 2. The molecule has 0 aliphatic carbocycles. The van der Waals surface area contributed by atoms with Crippen LogP contribution in [0.2, 0.25) is 0 Å². The van der Waals surface area contributed by atoms with Gasteiger partial charge in [0.25, 0.3) is 11.8 Å². The Morgan fingerprint density at radius 1 is 1.06 bits per heavy atom. The summed E-state index contributed by atoms with van der Waals surface area (Å²) in [4.78, 5) is 50.4. The van der Waals surface area contributed by atoms with Gasteiger partial charge in [0.05, 0.1) is 17.4 Å². The molecule has 2 aromatic heterocycles. The molecule has 2 heterocycles. The summed E-state index contributed by atoms with van der Waals surface area (Å²) in [5, 5.41) is 14.4. The van der Waals surface area contributed by atoms with Crippen molar-refractivity contribution in [3.8, 4) is 5.75 Å². The Hall–Kier alpha value is -4.67. The van der Waals surface area contributed by atoms with Gasteiger partial charge >= 0.3 is 5.97 Å². The summed E-state index contributed by atoms with van der Waals surface area (Å²) in [7, 11) is 0. The molecule has 0 fully saturated rings. The number of anilines is 2. The highest BCUT2D eigenvalue weighted by Crippen LogP contribution is 2.22. The number of H-pyrrole nitrogens is 2. The van der Waals surface area contributed by atoms with Gasteiger partial charge in [0.15, 0.2) is 11.8 Å². The number of benzene rings is 2. The van der Waals surface area contributed by atoms with Crippen LogP contribution in [0.3, 0.4) is 0 Å². The zero-order chi connectivity index (χ0) is 24.4. The topological polar surface area (TPSA) is 162 Å². The molecular weight excluding hydrogens is 440 g/mol. The molecule has 0 saturated heterocycles. The Morgan fingerprint density at radius 3 is 2.59 bits per heavy atom. The summed E-state index contributed by atoms with van der Waals surface area (Å²) >= 11 is 0. The Balaban J connectivity index is 1.49. The number of carboxylic acid groups (broad SMARTS) is 1. The summed E-state index contributed by atoms with van der Waals surface area (Å²) in [5.41, 5.74) is 3.55. The van der Waals surface area contributed by atoms with Gasteiger partial charge in [0.1, 0.15) is 11.4 Å². The number of hydrogen-bond acceptors (Lipinski definition) is 6. The summed E-state index contributed by atoms with van der Waals surface area (Å²) in [5.74, 6) is -1.76. The Kier molecular flexibility index (Phi) is 6.00. The number of carboxylic acids is 1. The van der Waals surface area contributed by atoms with Crippen LogP contribution in [-0.4, -0.2) is 48.9 Å². The first-order valence-corrected chi connectivity index (χ1v) is 10.3. The number of carbonyl (C=O) groups is 3. The third kappa shape index (κ3) is 4.72. The van der Waals surface area contributed by atoms with Gasteiger partial charge in [0, 0.05) is 11.8 Å². The zero-order valence-corrected chi connectivity index (χ0v) is 18.6. The molecule has 2 aromatic carbocycles. The first kappa shape index (κ1) is 22.5. The molecule has 1 unspecified atom stereocenters. The minimum Gasteiger partial charge on any atom is -0.479 e. The van der Waals surface area contributed by atoms with Gasteiger partial charge in [-0.15, -0.1) is 0 Å². The van der Waals surface area contributed by atoms with Crippen molar-refractivity contribution in [3.63, 3.8) is 0 Å². The second-order valence-electron chi connectivity index (χ2n) is 7.72. The van der Waals surface area contributed by atoms with Crippen LogP contribution in [0.25, 0.3) is 11.0 Å². The number of hydrogen-bond donors (Lipinski definition) is 5. The quantitative estimate of drug-likeness (QED) is 0.281. The predicted molar refractivity (Wildman–Crippen MR) is 124 cm³/mol. The van der Waals surface area contributed by atoms with Crippen molar-refractivity contribution >= 4 is 40.5 Å². The van der Waals surface area contributed by atoms with Gasteiger partial charge in [-0.1, -0.05) is 17.7 Å². The highest BCUT2D eigenvalue weighted by atomic mass is 16.5. The molecule has 4 aromatic rings. The molecular formula is C23H22N6O5. The van der Waals surface area contributed by atoms with E-state index in [0.717, 1.165) is 11.1 Å². The van der Waals surface area contributed by atoms with E-state index in [-0.39, 0.29) is 17.3 Å². The molecule has 4 rings (SSSR count). The standard InChI is InChI=1S/C23H22N6O5/c1-11-4-6-15(12(2)8-11)26-20(30)18-19(25-10-24-18)21(31)29-23-27-16-7-5-14(9-17(16)28-23)34-13(3)22(32)33/h4-10,13H,1-3H3,(H,24,25)(H,26,30)(H,32,33)(H2,27,28,29,31). The molecule has 1 atom stereocenters. The minimum atomic E-state index is -1.09. The lowest BCUT2D eigenvalue weighted by atomic mass is 10.1. The fourth-order valence-corrected chi connectivity index (χ4v) is 3.32. The Labute approximate surface area is 193 Å². The van der Waals surface area contributed by atoms with Crippen molar-refractivity contribution < 1.29 is 24.2 Å². The molecule has 2 amide bonds. The van der Waals surface area contributed by atoms with Crippen molar-refractivity contribution in [1.29, 1.82) is 0 Å². The molecule has 5 N–H and O–H groups in total. The molecule has 0 aliphatic heterocycles. The normalized spacial score (nSPS) is 11.7. The lowest BCUT2D eigenvalue weighted by Crippen LogP contribution is -2.22. The van der Waals surface area contributed by atoms with Crippen LogP contribution in [-0.2, 0) is 4.79 Å². The highest BCUT2D eigenvalue weighted by Gasteiger charge is 2.22. The fourth-order valence-electron chi connectivity index (χ4n) is 3.32. The lowest BCUT2D eigenvalue weighted by Gasteiger charge is -2.09. The largest absolute Gasteiger partial charge is 0.479 e. The number of aliphatic carboxylic acids is 1. The van der Waals surface area contributed by atoms with Crippen LogP contribution in [0.15, 0.2) is 42.7 Å². The van der Waals surface area contributed by atoms with Gasteiger partial charge < -0.3 is 25.1 Å². The number of imidazole rings is 2. The van der Waals surface area contributed by atoms with Gasteiger partial charge in [-0.05, 0) is 44.5 Å². The van der Waals surface area contributed by atoms with Gasteiger partial charge in [-0.2, -0.15) is 0 Å². The van der Waals surface area contributed by atoms with E-state index in [4.69, 9.17) is 9.84 Å². The first-order valence-electron chi connectivity index (χ1n) is 10.3. The predicted octanol–water partition coefficient (Wildman–Crippen LogP) is 3.26. The second kappa shape index (κ2) is 9.06. The van der Waals surface area contributed by atoms with Crippen LogP contribution in [0.1, 0.15) is 39.0 Å². The third-order valence-corrected chi connectivity index (χ3v) is 5.06. The average molecular weight is 462 g/mol. The summed E-state index contributed by atoms with van der Waals surface area (Å²) in [6, 6.07) is 10.4. The first-order chi connectivity index (χ1) is 16.2. The molecule has 0 aliphatic rings. The number of amides is 2. The van der Waals surface area contributed by atoms with Gasteiger partial charge in [0.2, 0.25) is 5.95 Å².